The highest BCUT2D eigenvalue weighted by Crippen LogP contribution is 2.23. The van der Waals surface area contributed by atoms with Crippen LogP contribution in [0.15, 0.2) is 0 Å². The van der Waals surface area contributed by atoms with Gasteiger partial charge in [-0.05, 0) is 26.7 Å². The van der Waals surface area contributed by atoms with Crippen molar-refractivity contribution in [2.75, 3.05) is 19.3 Å². The fourth-order valence-electron chi connectivity index (χ4n) is 2.61. The van der Waals surface area contributed by atoms with E-state index >= 15 is 0 Å². The van der Waals surface area contributed by atoms with Crippen molar-refractivity contribution in [1.82, 2.24) is 9.62 Å². The summed E-state index contributed by atoms with van der Waals surface area (Å²) >= 11 is 0. The largest absolute Gasteiger partial charge is 0.355 e. The highest BCUT2D eigenvalue weighted by Gasteiger charge is 2.22. The highest BCUT2D eigenvalue weighted by atomic mass is 32.2. The molecule has 19 heavy (non-hydrogen) atoms. The quantitative estimate of drug-likeness (QED) is 0.803. The first kappa shape index (κ1) is 16.4. The molecule has 6 heteroatoms. The van der Waals surface area contributed by atoms with E-state index in [0.29, 0.717) is 13.1 Å². The van der Waals surface area contributed by atoms with Crippen LogP contribution in [-0.4, -0.2) is 44.0 Å². The predicted octanol–water partition coefficient (Wildman–Crippen LogP) is 1.35. The zero-order valence-electron chi connectivity index (χ0n) is 12.2. The van der Waals surface area contributed by atoms with Gasteiger partial charge in [0.15, 0.2) is 0 Å². The Kier molecular flexibility index (Phi) is 6.26. The standard InChI is InChI=1S/C13H26N2O3S/c1-11(2)15(19(3,17)18)10-9-14-13(16)12-7-5-4-6-8-12/h11-12H,4-10H2,1-3H3,(H,14,16). The molecule has 0 aromatic carbocycles. The third-order valence-electron chi connectivity index (χ3n) is 3.61. The predicted molar refractivity (Wildman–Crippen MR) is 76.3 cm³/mol. The van der Waals surface area contributed by atoms with Crippen molar-refractivity contribution in [3.63, 3.8) is 0 Å². The van der Waals surface area contributed by atoms with Gasteiger partial charge in [0.05, 0.1) is 6.26 Å². The molecule has 5 nitrogen and oxygen atoms in total. The SMILES string of the molecule is CC(C)N(CCNC(=O)C1CCCCC1)S(C)(=O)=O. The lowest BCUT2D eigenvalue weighted by molar-refractivity contribution is -0.125. The molecule has 1 aliphatic rings. The van der Waals surface area contributed by atoms with Crippen LogP contribution in [0.2, 0.25) is 0 Å². The Labute approximate surface area is 116 Å². The molecule has 1 rings (SSSR count). The molecular formula is C13H26N2O3S. The normalized spacial score (nSPS) is 17.9. The van der Waals surface area contributed by atoms with Gasteiger partial charge in [-0.25, -0.2) is 8.42 Å². The van der Waals surface area contributed by atoms with E-state index in [1.807, 2.05) is 13.8 Å². The van der Waals surface area contributed by atoms with Crippen LogP contribution in [0.25, 0.3) is 0 Å². The minimum absolute atomic E-state index is 0.0805. The van der Waals surface area contributed by atoms with Crippen molar-refractivity contribution in [1.29, 1.82) is 0 Å². The molecule has 1 amide bonds. The summed E-state index contributed by atoms with van der Waals surface area (Å²) in [4.78, 5) is 11.9. The molecule has 0 atom stereocenters. The molecule has 0 spiro atoms. The van der Waals surface area contributed by atoms with E-state index in [9.17, 15) is 13.2 Å². The summed E-state index contributed by atoms with van der Waals surface area (Å²) in [5.74, 6) is 0.205. The van der Waals surface area contributed by atoms with Crippen LogP contribution in [0, 0.1) is 5.92 Å². The molecule has 0 aromatic rings. The van der Waals surface area contributed by atoms with Gasteiger partial charge in [0.25, 0.3) is 0 Å². The Balaban J connectivity index is 2.37. The molecule has 0 unspecified atom stereocenters. The van der Waals surface area contributed by atoms with E-state index in [0.717, 1.165) is 25.7 Å². The number of nitrogens with one attached hydrogen (secondary N) is 1. The summed E-state index contributed by atoms with van der Waals surface area (Å²) in [7, 11) is -3.20. The van der Waals surface area contributed by atoms with Gasteiger partial charge in [-0.1, -0.05) is 19.3 Å². The maximum Gasteiger partial charge on any atom is 0.223 e. The minimum Gasteiger partial charge on any atom is -0.355 e. The van der Waals surface area contributed by atoms with Gasteiger partial charge in [0, 0.05) is 25.0 Å². The van der Waals surface area contributed by atoms with Crippen molar-refractivity contribution < 1.29 is 13.2 Å². The van der Waals surface area contributed by atoms with E-state index in [-0.39, 0.29) is 17.9 Å². The molecule has 0 heterocycles. The van der Waals surface area contributed by atoms with E-state index in [4.69, 9.17) is 0 Å². The van der Waals surface area contributed by atoms with Crippen LogP contribution in [-0.2, 0) is 14.8 Å². The number of nitrogens with zero attached hydrogens (tertiary/aromatic N) is 1. The number of sulfonamides is 1. The van der Waals surface area contributed by atoms with Gasteiger partial charge < -0.3 is 5.32 Å². The summed E-state index contributed by atoms with van der Waals surface area (Å²) in [6.07, 6.45) is 6.60. The van der Waals surface area contributed by atoms with Crippen LogP contribution in [0.3, 0.4) is 0 Å². The second-order valence-electron chi connectivity index (χ2n) is 5.59. The number of hydrogen-bond donors (Lipinski definition) is 1. The summed E-state index contributed by atoms with van der Waals surface area (Å²) < 4.78 is 24.5. The summed E-state index contributed by atoms with van der Waals surface area (Å²) in [5.41, 5.74) is 0. The third kappa shape index (κ3) is 5.48. The van der Waals surface area contributed by atoms with Crippen molar-refractivity contribution in [2.45, 2.75) is 52.0 Å². The van der Waals surface area contributed by atoms with Crippen LogP contribution < -0.4 is 5.32 Å². The van der Waals surface area contributed by atoms with Crippen LogP contribution in [0.5, 0.6) is 0 Å². The van der Waals surface area contributed by atoms with Crippen molar-refractivity contribution in [3.8, 4) is 0 Å². The Morgan fingerprint density at radius 1 is 1.26 bits per heavy atom. The molecule has 0 radical (unpaired) electrons. The maximum absolute atomic E-state index is 11.9. The topological polar surface area (TPSA) is 66.5 Å². The molecule has 1 N–H and O–H groups in total. The molecule has 1 aliphatic carbocycles. The molecule has 0 aliphatic heterocycles. The minimum atomic E-state index is -3.20. The molecule has 0 bridgehead atoms. The monoisotopic (exact) mass is 290 g/mol. The summed E-state index contributed by atoms with van der Waals surface area (Å²) in [5, 5.41) is 2.86. The third-order valence-corrected chi connectivity index (χ3v) is 5.07. The lowest BCUT2D eigenvalue weighted by atomic mass is 9.89. The van der Waals surface area contributed by atoms with Crippen LogP contribution in [0.4, 0.5) is 0 Å². The van der Waals surface area contributed by atoms with E-state index < -0.39 is 10.0 Å². The number of carbonyl (C=O) groups excluding carboxylic acids is 1. The number of rotatable bonds is 6. The lowest BCUT2D eigenvalue weighted by Gasteiger charge is -2.25. The van der Waals surface area contributed by atoms with Gasteiger partial charge in [0.1, 0.15) is 0 Å². The molecule has 1 saturated carbocycles. The van der Waals surface area contributed by atoms with Gasteiger partial charge >= 0.3 is 0 Å². The lowest BCUT2D eigenvalue weighted by Crippen LogP contribution is -2.43. The fraction of sp³-hybridized carbons (Fsp3) is 0.923. The first-order valence-electron chi connectivity index (χ1n) is 7.07. The molecule has 0 saturated heterocycles. The van der Waals surface area contributed by atoms with Gasteiger partial charge in [-0.15, -0.1) is 0 Å². The number of hydrogen-bond acceptors (Lipinski definition) is 3. The average molecular weight is 290 g/mol. The van der Waals surface area contributed by atoms with Crippen molar-refractivity contribution in [2.24, 2.45) is 5.92 Å². The second-order valence-corrected chi connectivity index (χ2v) is 7.53. The number of carbonyl (C=O) groups is 1. The maximum atomic E-state index is 11.9. The van der Waals surface area contributed by atoms with E-state index in [1.54, 1.807) is 0 Å². The zero-order chi connectivity index (χ0) is 14.5. The van der Waals surface area contributed by atoms with E-state index in [2.05, 4.69) is 5.32 Å². The molecular weight excluding hydrogens is 264 g/mol. The summed E-state index contributed by atoms with van der Waals surface area (Å²) in [6.45, 7) is 4.41. The average Bonchev–Trinajstić information content (AvgIpc) is 2.33. The Morgan fingerprint density at radius 3 is 2.32 bits per heavy atom. The fourth-order valence-corrected chi connectivity index (χ4v) is 3.79. The summed E-state index contributed by atoms with van der Waals surface area (Å²) in [6, 6.07) is -0.0819. The zero-order valence-corrected chi connectivity index (χ0v) is 13.0. The van der Waals surface area contributed by atoms with Gasteiger partial charge in [-0.3, -0.25) is 4.79 Å². The first-order valence-corrected chi connectivity index (χ1v) is 8.91. The van der Waals surface area contributed by atoms with Crippen molar-refractivity contribution >= 4 is 15.9 Å². The molecule has 112 valence electrons. The Bertz CT molecular complexity index is 387. The Hall–Kier alpha value is -0.620. The molecule has 1 fully saturated rings. The van der Waals surface area contributed by atoms with Gasteiger partial charge in [-0.2, -0.15) is 4.31 Å². The molecule has 0 aromatic heterocycles. The smallest absolute Gasteiger partial charge is 0.223 e. The van der Waals surface area contributed by atoms with Crippen LogP contribution in [0.1, 0.15) is 46.0 Å². The van der Waals surface area contributed by atoms with Crippen LogP contribution >= 0.6 is 0 Å². The Morgan fingerprint density at radius 2 is 1.84 bits per heavy atom. The van der Waals surface area contributed by atoms with E-state index in [1.165, 1.54) is 17.0 Å². The first-order chi connectivity index (χ1) is 8.82. The number of amides is 1. The van der Waals surface area contributed by atoms with Crippen molar-refractivity contribution in [3.05, 3.63) is 0 Å². The van der Waals surface area contributed by atoms with Gasteiger partial charge in [0.2, 0.25) is 15.9 Å². The highest BCUT2D eigenvalue weighted by molar-refractivity contribution is 7.88. The second kappa shape index (κ2) is 7.24.